The number of anilines is 1. The molecule has 0 spiro atoms. The Kier molecular flexibility index (Phi) is 6.60. The molecule has 0 radical (unpaired) electrons. The zero-order valence-corrected chi connectivity index (χ0v) is 17.6. The average Bonchev–Trinajstić information content (AvgIpc) is 2.80. The third-order valence-electron chi connectivity index (χ3n) is 5.56. The summed E-state index contributed by atoms with van der Waals surface area (Å²) < 4.78 is 0. The molecule has 6 heteroatoms. The summed E-state index contributed by atoms with van der Waals surface area (Å²) in [6.07, 6.45) is 3.41. The lowest BCUT2D eigenvalue weighted by Crippen LogP contribution is -2.35. The van der Waals surface area contributed by atoms with Gasteiger partial charge in [0, 0.05) is 24.7 Å². The number of piperidine rings is 1. The minimum absolute atomic E-state index is 0.231. The number of carbonyl (C=O) groups is 1. The van der Waals surface area contributed by atoms with E-state index < -0.39 is 0 Å². The summed E-state index contributed by atoms with van der Waals surface area (Å²) in [5, 5.41) is 12.0. The Bertz CT molecular complexity index is 953. The summed E-state index contributed by atoms with van der Waals surface area (Å²) in [7, 11) is 0. The van der Waals surface area contributed by atoms with Gasteiger partial charge < -0.3 is 10.2 Å². The quantitative estimate of drug-likeness (QED) is 0.637. The number of nitrogens with one attached hydrogen (secondary N) is 1. The normalized spacial score (nSPS) is 14.5. The molecule has 1 fully saturated rings. The van der Waals surface area contributed by atoms with Gasteiger partial charge in [0.15, 0.2) is 11.5 Å². The first kappa shape index (κ1) is 20.4. The van der Waals surface area contributed by atoms with Crippen molar-refractivity contribution in [1.29, 1.82) is 0 Å². The van der Waals surface area contributed by atoms with Crippen molar-refractivity contribution in [2.24, 2.45) is 5.92 Å². The van der Waals surface area contributed by atoms with Crippen molar-refractivity contribution in [3.05, 3.63) is 88.6 Å². The summed E-state index contributed by atoms with van der Waals surface area (Å²) in [6, 6.07) is 21.7. The number of halogens is 1. The minimum Gasteiger partial charge on any atom is -0.355 e. The van der Waals surface area contributed by atoms with Gasteiger partial charge in [-0.2, -0.15) is 0 Å². The fraction of sp³-hybridized carbons (Fsp3) is 0.292. The third-order valence-corrected chi connectivity index (χ3v) is 5.81. The summed E-state index contributed by atoms with van der Waals surface area (Å²) in [4.78, 5) is 14.6. The van der Waals surface area contributed by atoms with E-state index >= 15 is 0 Å². The maximum atomic E-state index is 12.3. The number of hydrogen-bond acceptors (Lipinski definition) is 4. The molecule has 1 saturated heterocycles. The second-order valence-electron chi connectivity index (χ2n) is 7.71. The van der Waals surface area contributed by atoms with Crippen LogP contribution in [-0.4, -0.2) is 29.2 Å². The molecule has 30 heavy (non-hydrogen) atoms. The van der Waals surface area contributed by atoms with Crippen LogP contribution in [0.15, 0.2) is 66.7 Å². The second kappa shape index (κ2) is 9.72. The van der Waals surface area contributed by atoms with E-state index in [1.807, 2.05) is 18.2 Å². The van der Waals surface area contributed by atoms with Crippen molar-refractivity contribution in [2.45, 2.75) is 25.8 Å². The minimum atomic E-state index is -0.231. The van der Waals surface area contributed by atoms with E-state index in [1.54, 1.807) is 18.2 Å². The summed E-state index contributed by atoms with van der Waals surface area (Å²) >= 11 is 5.88. The first-order chi connectivity index (χ1) is 14.7. The topological polar surface area (TPSA) is 58.1 Å². The highest BCUT2D eigenvalue weighted by Gasteiger charge is 2.21. The second-order valence-corrected chi connectivity index (χ2v) is 8.14. The van der Waals surface area contributed by atoms with Crippen molar-refractivity contribution < 1.29 is 4.79 Å². The fourth-order valence-corrected chi connectivity index (χ4v) is 3.93. The largest absolute Gasteiger partial charge is 0.355 e. The Labute approximate surface area is 182 Å². The lowest BCUT2D eigenvalue weighted by molar-refractivity contribution is 0.0945. The molecule has 1 N–H and O–H groups in total. The molecular weight excluding hydrogens is 396 g/mol. The van der Waals surface area contributed by atoms with Gasteiger partial charge in [0.2, 0.25) is 0 Å². The van der Waals surface area contributed by atoms with Gasteiger partial charge in [0.05, 0.1) is 0 Å². The maximum Gasteiger partial charge on any atom is 0.272 e. The average molecular weight is 421 g/mol. The van der Waals surface area contributed by atoms with Crippen LogP contribution in [0.3, 0.4) is 0 Å². The van der Waals surface area contributed by atoms with Crippen LogP contribution >= 0.6 is 11.6 Å². The molecule has 2 heterocycles. The first-order valence-electron chi connectivity index (χ1n) is 10.3. The Morgan fingerprint density at radius 3 is 2.33 bits per heavy atom. The van der Waals surface area contributed by atoms with Crippen molar-refractivity contribution in [1.82, 2.24) is 15.5 Å². The molecule has 0 bridgehead atoms. The number of carbonyl (C=O) groups excluding carboxylic acids is 1. The summed E-state index contributed by atoms with van der Waals surface area (Å²) in [5.41, 5.74) is 2.71. The van der Waals surface area contributed by atoms with Gasteiger partial charge >= 0.3 is 0 Å². The van der Waals surface area contributed by atoms with E-state index in [1.165, 1.54) is 5.56 Å². The van der Waals surface area contributed by atoms with Gasteiger partial charge in [-0.1, -0.05) is 54.1 Å². The van der Waals surface area contributed by atoms with Gasteiger partial charge in [-0.3, -0.25) is 4.79 Å². The van der Waals surface area contributed by atoms with Gasteiger partial charge in [0.1, 0.15) is 0 Å². The van der Waals surface area contributed by atoms with Crippen LogP contribution in [0.25, 0.3) is 0 Å². The molecule has 3 aromatic rings. The molecule has 1 aliphatic heterocycles. The Balaban J connectivity index is 1.27. The number of aromatic nitrogens is 2. The van der Waals surface area contributed by atoms with E-state index in [9.17, 15) is 4.79 Å². The lowest BCUT2D eigenvalue weighted by atomic mass is 9.90. The van der Waals surface area contributed by atoms with Gasteiger partial charge in [0.25, 0.3) is 5.91 Å². The molecule has 2 aromatic carbocycles. The molecule has 4 rings (SSSR count). The molecular formula is C24H25ClN4O. The van der Waals surface area contributed by atoms with E-state index in [-0.39, 0.29) is 5.91 Å². The maximum absolute atomic E-state index is 12.3. The van der Waals surface area contributed by atoms with E-state index in [0.717, 1.165) is 43.7 Å². The molecule has 5 nitrogen and oxygen atoms in total. The molecule has 154 valence electrons. The molecule has 1 aromatic heterocycles. The number of rotatable bonds is 6. The highest BCUT2D eigenvalue weighted by Crippen LogP contribution is 2.24. The molecule has 0 atom stereocenters. The third kappa shape index (κ3) is 5.36. The van der Waals surface area contributed by atoms with Crippen LogP contribution in [0.1, 0.15) is 34.5 Å². The molecule has 1 amide bonds. The predicted molar refractivity (Wildman–Crippen MR) is 120 cm³/mol. The van der Waals surface area contributed by atoms with Gasteiger partial charge in [-0.15, -0.1) is 10.2 Å². The van der Waals surface area contributed by atoms with E-state index in [0.29, 0.717) is 23.2 Å². The lowest BCUT2D eigenvalue weighted by Gasteiger charge is -2.32. The van der Waals surface area contributed by atoms with E-state index in [4.69, 9.17) is 11.6 Å². The highest BCUT2D eigenvalue weighted by molar-refractivity contribution is 6.30. The van der Waals surface area contributed by atoms with Crippen LogP contribution < -0.4 is 10.2 Å². The SMILES string of the molecule is O=C(NCc1ccc(Cl)cc1)c1ccc(N2CCC(Cc3ccccc3)CC2)nn1. The van der Waals surface area contributed by atoms with Crippen molar-refractivity contribution in [2.75, 3.05) is 18.0 Å². The van der Waals surface area contributed by atoms with Crippen LogP contribution in [0.2, 0.25) is 5.02 Å². The Morgan fingerprint density at radius 1 is 0.933 bits per heavy atom. The summed E-state index contributed by atoms with van der Waals surface area (Å²) in [6.45, 7) is 2.36. The molecule has 0 aliphatic carbocycles. The predicted octanol–water partition coefficient (Wildman–Crippen LogP) is 4.52. The van der Waals surface area contributed by atoms with Gasteiger partial charge in [-0.05, 0) is 60.6 Å². The van der Waals surface area contributed by atoms with Gasteiger partial charge in [-0.25, -0.2) is 0 Å². The molecule has 1 aliphatic rings. The van der Waals surface area contributed by atoms with Crippen LogP contribution in [0.4, 0.5) is 5.82 Å². The number of benzene rings is 2. The van der Waals surface area contributed by atoms with Crippen LogP contribution in [0, 0.1) is 5.92 Å². The van der Waals surface area contributed by atoms with Crippen molar-refractivity contribution in [3.63, 3.8) is 0 Å². The zero-order valence-electron chi connectivity index (χ0n) is 16.8. The molecule has 0 unspecified atom stereocenters. The standard InChI is InChI=1S/C24H25ClN4O/c25-21-8-6-20(7-9-21)17-26-24(30)22-10-11-23(28-27-22)29-14-12-19(13-15-29)16-18-4-2-1-3-5-18/h1-11,19H,12-17H2,(H,26,30). The Hall–Kier alpha value is -2.92. The van der Waals surface area contributed by atoms with Crippen molar-refractivity contribution in [3.8, 4) is 0 Å². The summed E-state index contributed by atoms with van der Waals surface area (Å²) in [5.74, 6) is 1.31. The smallest absolute Gasteiger partial charge is 0.272 e. The highest BCUT2D eigenvalue weighted by atomic mass is 35.5. The van der Waals surface area contributed by atoms with Crippen LogP contribution in [-0.2, 0) is 13.0 Å². The Morgan fingerprint density at radius 2 is 1.67 bits per heavy atom. The van der Waals surface area contributed by atoms with Crippen molar-refractivity contribution >= 4 is 23.3 Å². The zero-order chi connectivity index (χ0) is 20.8. The number of nitrogens with zero attached hydrogens (tertiary/aromatic N) is 3. The monoisotopic (exact) mass is 420 g/mol. The first-order valence-corrected chi connectivity index (χ1v) is 10.7. The van der Waals surface area contributed by atoms with E-state index in [2.05, 4.69) is 50.7 Å². The fourth-order valence-electron chi connectivity index (χ4n) is 3.80. The number of amides is 1. The molecule has 0 saturated carbocycles. The van der Waals surface area contributed by atoms with Crippen LogP contribution in [0.5, 0.6) is 0 Å². The number of hydrogen-bond donors (Lipinski definition) is 1.